The Bertz CT molecular complexity index is 462. The van der Waals surface area contributed by atoms with Gasteiger partial charge in [0.2, 0.25) is 0 Å². The zero-order valence-electron chi connectivity index (χ0n) is 21.7. The fourth-order valence-electron chi connectivity index (χ4n) is 4.47. The van der Waals surface area contributed by atoms with Crippen LogP contribution in [0.15, 0.2) is 0 Å². The normalized spacial score (nSPS) is 26.1. The fraction of sp³-hybridized carbons (Fsp3) is 1.00. The van der Waals surface area contributed by atoms with Crippen LogP contribution in [0.2, 0.25) is 0 Å². The van der Waals surface area contributed by atoms with Crippen LogP contribution < -0.4 is 0 Å². The highest BCUT2D eigenvalue weighted by Crippen LogP contribution is 2.22. The second-order valence-corrected chi connectivity index (χ2v) is 10.5. The lowest BCUT2D eigenvalue weighted by molar-refractivity contribution is -0.891. The van der Waals surface area contributed by atoms with Crippen molar-refractivity contribution in [2.24, 2.45) is 0 Å². The largest absolute Gasteiger partial charge is 0.394 e. The number of hydrogen-bond donors (Lipinski definition) is 4. The van der Waals surface area contributed by atoms with E-state index < -0.39 is 37.3 Å². The highest BCUT2D eigenvalue weighted by Gasteiger charge is 2.44. The quantitative estimate of drug-likeness (QED) is 0.159. The van der Waals surface area contributed by atoms with Crippen LogP contribution in [-0.4, -0.2) is 96.0 Å². The molecule has 0 aromatic rings. The third-order valence-corrected chi connectivity index (χ3v) is 6.94. The van der Waals surface area contributed by atoms with E-state index in [1.165, 1.54) is 89.9 Å². The van der Waals surface area contributed by atoms with Gasteiger partial charge in [0.05, 0.1) is 33.9 Å². The standard InChI is InChI=1S/C26H54NO6/c1-4-5-6-7-8-9-10-11-12-13-14-15-16-17-18-27(2,3)19-20-32-26-25(31)24(30)23(29)22(21-28)33-26/h22-26,28-31H,4-21H2,1-3H3/q+1/t22-,23-,24+,25-,26-/m1/s1. The van der Waals surface area contributed by atoms with E-state index in [9.17, 15) is 20.4 Å². The van der Waals surface area contributed by atoms with Gasteiger partial charge in [-0.3, -0.25) is 0 Å². The smallest absolute Gasteiger partial charge is 0.186 e. The number of likely N-dealkylation sites (N-methyl/N-ethyl adjacent to an activating group) is 1. The number of aliphatic hydroxyl groups excluding tert-OH is 4. The summed E-state index contributed by atoms with van der Waals surface area (Å²) in [6.07, 6.45) is 13.0. The first kappa shape index (κ1) is 30.8. The molecule has 4 N–H and O–H groups in total. The van der Waals surface area contributed by atoms with Gasteiger partial charge >= 0.3 is 0 Å². The molecule has 0 unspecified atom stereocenters. The minimum Gasteiger partial charge on any atom is -0.394 e. The summed E-state index contributed by atoms with van der Waals surface area (Å²) in [4.78, 5) is 0. The lowest BCUT2D eigenvalue weighted by atomic mass is 9.99. The molecule has 1 aliphatic rings. The van der Waals surface area contributed by atoms with Gasteiger partial charge in [-0.25, -0.2) is 0 Å². The molecule has 1 aliphatic heterocycles. The third-order valence-electron chi connectivity index (χ3n) is 6.94. The maximum atomic E-state index is 10.0. The monoisotopic (exact) mass is 476 g/mol. The van der Waals surface area contributed by atoms with Crippen molar-refractivity contribution < 1.29 is 34.4 Å². The van der Waals surface area contributed by atoms with Gasteiger partial charge in [-0.1, -0.05) is 84.0 Å². The van der Waals surface area contributed by atoms with Crippen molar-refractivity contribution in [3.05, 3.63) is 0 Å². The van der Waals surface area contributed by atoms with Crippen LogP contribution in [-0.2, 0) is 9.47 Å². The van der Waals surface area contributed by atoms with E-state index in [4.69, 9.17) is 9.47 Å². The number of aliphatic hydroxyl groups is 4. The Morgan fingerprint density at radius 3 is 1.64 bits per heavy atom. The second-order valence-electron chi connectivity index (χ2n) is 10.5. The maximum Gasteiger partial charge on any atom is 0.186 e. The molecule has 7 heteroatoms. The van der Waals surface area contributed by atoms with Gasteiger partial charge in [-0.15, -0.1) is 0 Å². The molecule has 0 radical (unpaired) electrons. The van der Waals surface area contributed by atoms with Gasteiger partial charge in [0.1, 0.15) is 31.0 Å². The van der Waals surface area contributed by atoms with Crippen LogP contribution in [0.25, 0.3) is 0 Å². The van der Waals surface area contributed by atoms with Crippen LogP contribution in [0.4, 0.5) is 0 Å². The van der Waals surface area contributed by atoms with Crippen molar-refractivity contribution >= 4 is 0 Å². The van der Waals surface area contributed by atoms with E-state index in [-0.39, 0.29) is 0 Å². The summed E-state index contributed by atoms with van der Waals surface area (Å²) in [5.41, 5.74) is 0. The van der Waals surface area contributed by atoms with Gasteiger partial charge in [0.15, 0.2) is 6.29 Å². The SMILES string of the molecule is CCCCCCCCCCCCCCCC[N+](C)(C)CCO[C@@H]1O[C@H](CO)[C@@H](O)[C@H](O)[C@H]1O. The van der Waals surface area contributed by atoms with Gasteiger partial charge in [-0.05, 0) is 12.8 Å². The Labute approximate surface area is 202 Å². The number of ether oxygens (including phenoxy) is 2. The van der Waals surface area contributed by atoms with Gasteiger partial charge in [0.25, 0.3) is 0 Å². The van der Waals surface area contributed by atoms with Crippen LogP contribution in [0.1, 0.15) is 96.8 Å². The minimum atomic E-state index is -1.39. The molecular weight excluding hydrogens is 422 g/mol. The lowest BCUT2D eigenvalue weighted by Gasteiger charge is -2.40. The first-order valence-corrected chi connectivity index (χ1v) is 13.6. The summed E-state index contributed by atoms with van der Waals surface area (Å²) < 4.78 is 11.8. The Hall–Kier alpha value is -0.280. The summed E-state index contributed by atoms with van der Waals surface area (Å²) in [7, 11) is 4.33. The first-order valence-electron chi connectivity index (χ1n) is 13.6. The summed E-state index contributed by atoms with van der Waals surface area (Å²) >= 11 is 0. The third kappa shape index (κ3) is 13.4. The Kier molecular flexibility index (Phi) is 16.8. The van der Waals surface area contributed by atoms with E-state index in [2.05, 4.69) is 21.0 Å². The van der Waals surface area contributed by atoms with Gasteiger partial charge in [-0.2, -0.15) is 0 Å². The van der Waals surface area contributed by atoms with Crippen molar-refractivity contribution in [1.29, 1.82) is 0 Å². The second kappa shape index (κ2) is 18.1. The Morgan fingerprint density at radius 1 is 0.667 bits per heavy atom. The molecule has 7 nitrogen and oxygen atoms in total. The molecule has 1 fully saturated rings. The van der Waals surface area contributed by atoms with E-state index in [1.54, 1.807) is 0 Å². The zero-order valence-corrected chi connectivity index (χ0v) is 21.7. The van der Waals surface area contributed by atoms with Gasteiger partial charge in [0, 0.05) is 0 Å². The molecule has 1 rings (SSSR count). The highest BCUT2D eigenvalue weighted by molar-refractivity contribution is 4.88. The Balaban J connectivity index is 2.01. The van der Waals surface area contributed by atoms with Crippen LogP contribution in [0.3, 0.4) is 0 Å². The lowest BCUT2D eigenvalue weighted by Crippen LogP contribution is -2.59. The number of hydrogen-bond acceptors (Lipinski definition) is 6. The van der Waals surface area contributed by atoms with Crippen molar-refractivity contribution in [2.45, 2.75) is 128 Å². The summed E-state index contributed by atoms with van der Waals surface area (Å²) in [6, 6.07) is 0. The molecule has 0 spiro atoms. The molecule has 33 heavy (non-hydrogen) atoms. The number of rotatable bonds is 20. The molecule has 0 aliphatic carbocycles. The molecular formula is C26H54NO6+. The molecule has 0 aromatic heterocycles. The fourth-order valence-corrected chi connectivity index (χ4v) is 4.47. The van der Waals surface area contributed by atoms with Crippen molar-refractivity contribution in [3.8, 4) is 0 Å². The number of quaternary nitrogens is 1. The van der Waals surface area contributed by atoms with Crippen molar-refractivity contribution in [2.75, 3.05) is 40.4 Å². The molecule has 0 amide bonds. The van der Waals surface area contributed by atoms with Crippen molar-refractivity contribution in [3.63, 3.8) is 0 Å². The average molecular weight is 477 g/mol. The molecule has 0 saturated carbocycles. The van der Waals surface area contributed by atoms with Crippen LogP contribution in [0, 0.1) is 0 Å². The molecule has 1 heterocycles. The molecule has 0 bridgehead atoms. The van der Waals surface area contributed by atoms with E-state index in [0.29, 0.717) is 6.61 Å². The Morgan fingerprint density at radius 2 is 1.15 bits per heavy atom. The zero-order chi connectivity index (χ0) is 24.5. The molecule has 1 saturated heterocycles. The van der Waals surface area contributed by atoms with Crippen molar-refractivity contribution in [1.82, 2.24) is 0 Å². The minimum absolute atomic E-state index is 0.369. The summed E-state index contributed by atoms with van der Waals surface area (Å²) in [6.45, 7) is 4.02. The molecule has 198 valence electrons. The van der Waals surface area contributed by atoms with E-state index >= 15 is 0 Å². The summed E-state index contributed by atoms with van der Waals surface area (Å²) in [5.74, 6) is 0. The number of unbranched alkanes of at least 4 members (excludes halogenated alkanes) is 13. The van der Waals surface area contributed by atoms with Crippen LogP contribution >= 0.6 is 0 Å². The topological polar surface area (TPSA) is 99.4 Å². The van der Waals surface area contributed by atoms with Gasteiger partial charge < -0.3 is 34.4 Å². The predicted molar refractivity (Wildman–Crippen MR) is 132 cm³/mol. The van der Waals surface area contributed by atoms with E-state index in [0.717, 1.165) is 17.6 Å². The summed E-state index contributed by atoms with van der Waals surface area (Å²) in [5, 5.41) is 39.0. The molecule has 0 aromatic carbocycles. The maximum absolute atomic E-state index is 10.0. The van der Waals surface area contributed by atoms with Crippen LogP contribution in [0.5, 0.6) is 0 Å². The van der Waals surface area contributed by atoms with E-state index in [1.807, 2.05) is 0 Å². The highest BCUT2D eigenvalue weighted by atomic mass is 16.7. The number of nitrogens with zero attached hydrogens (tertiary/aromatic N) is 1. The molecule has 5 atom stereocenters. The predicted octanol–water partition coefficient (Wildman–Crippen LogP) is 3.36. The first-order chi connectivity index (χ1) is 15.8. The average Bonchev–Trinajstić information content (AvgIpc) is 2.79.